The summed E-state index contributed by atoms with van der Waals surface area (Å²) in [6.07, 6.45) is 0. The molecule has 0 unspecified atom stereocenters. The Morgan fingerprint density at radius 3 is 1.37 bits per heavy atom. The van der Waals surface area contributed by atoms with Crippen LogP contribution in [0.5, 0.6) is 23.0 Å². The van der Waals surface area contributed by atoms with E-state index in [9.17, 15) is 72.3 Å². The zero-order valence-electron chi connectivity index (χ0n) is 27.8. The normalized spacial score (nSPS) is 13.0. The second-order valence-corrected chi connectivity index (χ2v) is 17.5. The number of rotatable bonds is 9. The van der Waals surface area contributed by atoms with E-state index in [1.165, 1.54) is 24.3 Å². The Bertz CT molecular complexity index is 3250. The van der Waals surface area contributed by atoms with Gasteiger partial charge in [0.1, 0.15) is 44.0 Å². The maximum atomic E-state index is 12.2. The highest BCUT2D eigenvalue weighted by molar-refractivity contribution is 7.86. The molecule has 0 aliphatic rings. The molecule has 0 atom stereocenters. The van der Waals surface area contributed by atoms with Crippen LogP contribution in [0.4, 0.5) is 28.4 Å². The van der Waals surface area contributed by atoms with E-state index in [-0.39, 0.29) is 44.0 Å². The lowest BCUT2D eigenvalue weighted by atomic mass is 10.0. The molecule has 0 aliphatic heterocycles. The summed E-state index contributed by atoms with van der Waals surface area (Å²) < 4.78 is 133. The van der Waals surface area contributed by atoms with Crippen molar-refractivity contribution in [3.63, 3.8) is 0 Å². The van der Waals surface area contributed by atoms with Crippen LogP contribution in [0.3, 0.4) is 0 Å². The molecule has 0 amide bonds. The minimum Gasteiger partial charge on any atom is -0.506 e. The zero-order valence-corrected chi connectivity index (χ0v) is 31.1. The van der Waals surface area contributed by atoms with Gasteiger partial charge in [0, 0.05) is 16.5 Å². The Kier molecular flexibility index (Phi) is 9.91. The molecule has 57 heavy (non-hydrogen) atoms. The molecule has 0 saturated heterocycles. The van der Waals surface area contributed by atoms with Crippen LogP contribution in [0.2, 0.25) is 0 Å². The SMILES string of the molecule is Nc1cc(S(=O)(=O)O)cc2cc(S(=O)(=O)O)c(N=Nc3ccc(-c4ccc(N=Nc5c(S(=O)(=O)O)cc6cc(S(=O)(=O)O)ccc6c5O)c(O)c4)cc3O)c(O)c12. The monoisotopic (exact) mass is 861 g/mol. The van der Waals surface area contributed by atoms with Gasteiger partial charge in [0.05, 0.1) is 9.79 Å². The van der Waals surface area contributed by atoms with Gasteiger partial charge in [0.15, 0.2) is 11.5 Å². The van der Waals surface area contributed by atoms with E-state index in [1.807, 2.05) is 0 Å². The van der Waals surface area contributed by atoms with Crippen molar-refractivity contribution in [2.45, 2.75) is 19.6 Å². The molecular formula is C32H23N5O16S4. The number of nitrogens with two attached hydrogens (primary N) is 1. The van der Waals surface area contributed by atoms with Gasteiger partial charge in [0.25, 0.3) is 40.5 Å². The molecule has 6 aromatic carbocycles. The summed E-state index contributed by atoms with van der Waals surface area (Å²) in [5, 5.41) is 57.0. The molecule has 0 bridgehead atoms. The van der Waals surface area contributed by atoms with Gasteiger partial charge >= 0.3 is 0 Å². The molecule has 0 aliphatic carbocycles. The third-order valence-corrected chi connectivity index (χ3v) is 11.5. The summed E-state index contributed by atoms with van der Waals surface area (Å²) in [6.45, 7) is 0. The first kappa shape index (κ1) is 40.3. The summed E-state index contributed by atoms with van der Waals surface area (Å²) >= 11 is 0. The average molecular weight is 862 g/mol. The zero-order chi connectivity index (χ0) is 42.0. The largest absolute Gasteiger partial charge is 0.506 e. The molecule has 0 saturated carbocycles. The Hall–Kier alpha value is -6.32. The van der Waals surface area contributed by atoms with Crippen molar-refractivity contribution in [1.29, 1.82) is 0 Å². The first-order valence-corrected chi connectivity index (χ1v) is 20.9. The van der Waals surface area contributed by atoms with Crippen molar-refractivity contribution in [2.75, 3.05) is 5.73 Å². The quantitative estimate of drug-likeness (QED) is 0.0465. The summed E-state index contributed by atoms with van der Waals surface area (Å²) in [5.74, 6) is -2.93. The number of nitrogens with zero attached hydrogens (tertiary/aromatic N) is 4. The predicted molar refractivity (Wildman–Crippen MR) is 198 cm³/mol. The molecule has 10 N–H and O–H groups in total. The summed E-state index contributed by atoms with van der Waals surface area (Å²) in [4.78, 5) is -3.40. The van der Waals surface area contributed by atoms with E-state index < -0.39 is 100 Å². The van der Waals surface area contributed by atoms with Crippen LogP contribution in [0, 0.1) is 0 Å². The molecule has 6 aromatic rings. The van der Waals surface area contributed by atoms with Crippen molar-refractivity contribution in [3.8, 4) is 34.1 Å². The lowest BCUT2D eigenvalue weighted by Crippen LogP contribution is -2.02. The van der Waals surface area contributed by atoms with E-state index in [2.05, 4.69) is 20.5 Å². The maximum Gasteiger partial charge on any atom is 0.296 e. The maximum absolute atomic E-state index is 12.2. The highest BCUT2D eigenvalue weighted by Crippen LogP contribution is 2.46. The highest BCUT2D eigenvalue weighted by Gasteiger charge is 2.26. The van der Waals surface area contributed by atoms with Gasteiger partial charge in [-0.15, -0.1) is 20.5 Å². The van der Waals surface area contributed by atoms with Gasteiger partial charge in [0.2, 0.25) is 0 Å². The Morgan fingerprint density at radius 2 is 0.912 bits per heavy atom. The van der Waals surface area contributed by atoms with Crippen molar-refractivity contribution in [1.82, 2.24) is 0 Å². The highest BCUT2D eigenvalue weighted by atomic mass is 32.2. The molecule has 0 heterocycles. The fourth-order valence-electron chi connectivity index (χ4n) is 5.50. The second kappa shape index (κ2) is 14.0. The number of nitrogen functional groups attached to an aromatic ring is 1. The number of azo groups is 2. The van der Waals surface area contributed by atoms with E-state index >= 15 is 0 Å². The smallest absolute Gasteiger partial charge is 0.296 e. The standard InChI is InChI=1S/C32H23N5O16S4/c33-21-13-19(55(45,46)47)8-17-12-27(57(51,52)53)30(32(41)28(17)21)37-35-23-6-2-15(10-25(23)39)14-1-5-22(24(38)9-14)34-36-29-26(56(48,49)50)11-16-7-18(54(42,43)44)3-4-20(16)31(29)40/h1-13,38-41H,33H2,(H,42,43,44)(H,45,46,47)(H,48,49,50)(H,51,52,53). The van der Waals surface area contributed by atoms with Crippen LogP contribution < -0.4 is 5.73 Å². The summed E-state index contributed by atoms with van der Waals surface area (Å²) in [7, 11) is -19.8. The molecule has 296 valence electrons. The number of fused-ring (bicyclic) bond motifs is 2. The van der Waals surface area contributed by atoms with Gasteiger partial charge < -0.3 is 26.2 Å². The van der Waals surface area contributed by atoms with Gasteiger partial charge in [-0.3, -0.25) is 18.2 Å². The number of anilines is 1. The minimum absolute atomic E-state index is 0.138. The molecular weight excluding hydrogens is 839 g/mol. The Labute approximate surface area is 320 Å². The molecule has 6 rings (SSSR count). The van der Waals surface area contributed by atoms with Crippen LogP contribution >= 0.6 is 0 Å². The fourth-order valence-corrected chi connectivity index (χ4v) is 7.88. The number of phenols is 4. The third-order valence-electron chi connectivity index (χ3n) is 8.13. The van der Waals surface area contributed by atoms with Gasteiger partial charge in [-0.05, 0) is 88.6 Å². The molecule has 21 nitrogen and oxygen atoms in total. The van der Waals surface area contributed by atoms with Crippen LogP contribution in [0.15, 0.2) is 119 Å². The van der Waals surface area contributed by atoms with Crippen molar-refractivity contribution >= 4 is 90.5 Å². The number of hydrogen-bond acceptors (Lipinski definition) is 17. The van der Waals surface area contributed by atoms with Crippen molar-refractivity contribution in [3.05, 3.63) is 78.9 Å². The minimum atomic E-state index is -5.16. The lowest BCUT2D eigenvalue weighted by molar-refractivity contribution is 0.471. The number of hydrogen-bond donors (Lipinski definition) is 9. The lowest BCUT2D eigenvalue weighted by Gasteiger charge is -2.12. The van der Waals surface area contributed by atoms with E-state index in [0.29, 0.717) is 0 Å². The van der Waals surface area contributed by atoms with E-state index in [0.717, 1.165) is 54.6 Å². The number of aromatic hydroxyl groups is 4. The van der Waals surface area contributed by atoms with Gasteiger partial charge in [-0.25, -0.2) is 0 Å². The molecule has 0 radical (unpaired) electrons. The van der Waals surface area contributed by atoms with E-state index in [1.54, 1.807) is 0 Å². The number of benzene rings is 6. The number of phenolic OH excluding ortho intramolecular Hbond substituents is 4. The van der Waals surface area contributed by atoms with Crippen LogP contribution in [-0.2, 0) is 40.5 Å². The predicted octanol–water partition coefficient (Wildman–Crippen LogP) is 5.88. The van der Waals surface area contributed by atoms with Crippen molar-refractivity contribution in [2.24, 2.45) is 20.5 Å². The molecule has 0 spiro atoms. The fraction of sp³-hybridized carbons (Fsp3) is 0. The Balaban J connectivity index is 1.33. The first-order chi connectivity index (χ1) is 26.3. The Morgan fingerprint density at radius 1 is 0.456 bits per heavy atom. The van der Waals surface area contributed by atoms with Crippen LogP contribution in [-0.4, -0.2) is 72.3 Å². The molecule has 25 heteroatoms. The first-order valence-electron chi connectivity index (χ1n) is 15.1. The van der Waals surface area contributed by atoms with Crippen LogP contribution in [0.25, 0.3) is 32.7 Å². The summed E-state index contributed by atoms with van der Waals surface area (Å²) in [5.41, 5.74) is 3.71. The van der Waals surface area contributed by atoms with Crippen LogP contribution in [0.1, 0.15) is 0 Å². The van der Waals surface area contributed by atoms with Gasteiger partial charge in [-0.1, -0.05) is 12.1 Å². The van der Waals surface area contributed by atoms with E-state index in [4.69, 9.17) is 5.73 Å². The molecule has 0 fully saturated rings. The third kappa shape index (κ3) is 8.02. The van der Waals surface area contributed by atoms with Gasteiger partial charge in [-0.2, -0.15) is 33.7 Å². The topological polar surface area (TPSA) is 374 Å². The average Bonchev–Trinajstić information content (AvgIpc) is 3.09. The van der Waals surface area contributed by atoms with Crippen molar-refractivity contribution < 1.29 is 72.3 Å². The molecule has 0 aromatic heterocycles. The summed E-state index contributed by atoms with van der Waals surface area (Å²) in [6, 6.07) is 13.3. The second-order valence-electron chi connectivity index (χ2n) is 11.8.